The van der Waals surface area contributed by atoms with Crippen LogP contribution in [0.2, 0.25) is 0 Å². The maximum absolute atomic E-state index is 14.5. The quantitative estimate of drug-likeness (QED) is 0.129. The number of aromatic nitrogens is 3. The molecule has 3 atom stereocenters. The topological polar surface area (TPSA) is 108 Å². The molecule has 0 spiro atoms. The van der Waals surface area contributed by atoms with Gasteiger partial charge in [0, 0.05) is 11.5 Å². The van der Waals surface area contributed by atoms with Crippen molar-refractivity contribution in [2.45, 2.75) is 44.9 Å². The van der Waals surface area contributed by atoms with Crippen molar-refractivity contribution in [2.75, 3.05) is 14.2 Å². The van der Waals surface area contributed by atoms with Crippen molar-refractivity contribution in [1.82, 2.24) is 19.8 Å². The lowest BCUT2D eigenvalue weighted by Crippen LogP contribution is -2.39. The number of hydrazone groups is 1. The third kappa shape index (κ3) is 7.27. The zero-order valence-corrected chi connectivity index (χ0v) is 31.3. The Morgan fingerprint density at radius 1 is 0.911 bits per heavy atom. The van der Waals surface area contributed by atoms with Gasteiger partial charge in [0.2, 0.25) is 0 Å². The van der Waals surface area contributed by atoms with Crippen LogP contribution in [0.1, 0.15) is 59.3 Å². The molecule has 1 fully saturated rings. The number of hydrogen-bond donors (Lipinski definition) is 0. The van der Waals surface area contributed by atoms with Gasteiger partial charge >= 0.3 is 5.97 Å². The van der Waals surface area contributed by atoms with E-state index >= 15 is 0 Å². The number of hydrogen-bond acceptors (Lipinski definition) is 8. The summed E-state index contributed by atoms with van der Waals surface area (Å²) in [4.78, 5) is 33.6. The van der Waals surface area contributed by atoms with E-state index in [9.17, 15) is 14.0 Å². The molecule has 10 nitrogen and oxygen atoms in total. The second-order valence-electron chi connectivity index (χ2n) is 14.0. The summed E-state index contributed by atoms with van der Waals surface area (Å²) in [5.41, 5.74) is 6.45. The molecule has 0 radical (unpaired) electrons. The van der Waals surface area contributed by atoms with Crippen molar-refractivity contribution < 1.29 is 28.2 Å². The number of ether oxygens (including phenoxy) is 3. The second-order valence-corrected chi connectivity index (χ2v) is 14.0. The van der Waals surface area contributed by atoms with Gasteiger partial charge in [0.1, 0.15) is 17.3 Å². The van der Waals surface area contributed by atoms with Gasteiger partial charge in [0.25, 0.3) is 5.91 Å². The Hall–Kier alpha value is -6.62. The van der Waals surface area contributed by atoms with E-state index in [0.29, 0.717) is 28.0 Å². The lowest BCUT2D eigenvalue weighted by molar-refractivity contribution is -0.142. The molecule has 3 heterocycles. The number of benzene rings is 4. The van der Waals surface area contributed by atoms with Crippen LogP contribution in [-0.4, -0.2) is 57.7 Å². The standard InChI is InChI=1S/C45H40FN5O5/c1-28(56-45(53)38-25-40(31-10-5-4-6-11-31)48-43-39(38)26-47-50(43)27-30-9-7-13-34(46)24-30)44(52)51-42(32-17-21-36(55-3)22-18-32)37-14-8-12-33(41(37)49-51)23-29-15-19-35(54-2)20-16-29/h4-7,9-11,13,15-26,28,37,42H,8,12,14,27H2,1-3H3/b33-23-. The van der Waals surface area contributed by atoms with Crippen LogP contribution in [0.3, 0.4) is 0 Å². The van der Waals surface area contributed by atoms with Gasteiger partial charge in [-0.3, -0.25) is 4.79 Å². The first-order valence-corrected chi connectivity index (χ1v) is 18.6. The molecular weight excluding hydrogens is 710 g/mol. The number of amides is 1. The minimum absolute atomic E-state index is 0.0642. The maximum Gasteiger partial charge on any atom is 0.339 e. The highest BCUT2D eigenvalue weighted by molar-refractivity contribution is 6.09. The Kier molecular flexibility index (Phi) is 10.1. The number of fused-ring (bicyclic) bond motifs is 2. The lowest BCUT2D eigenvalue weighted by atomic mass is 9.77. The summed E-state index contributed by atoms with van der Waals surface area (Å²) in [7, 11) is 3.25. The molecule has 0 bridgehead atoms. The molecule has 2 aliphatic rings. The average molecular weight is 750 g/mol. The molecular formula is C45H40FN5O5. The first-order valence-electron chi connectivity index (χ1n) is 18.6. The number of allylic oxidation sites excluding steroid dienone is 1. The summed E-state index contributed by atoms with van der Waals surface area (Å²) in [6.07, 6.45) is 5.07. The van der Waals surface area contributed by atoms with Gasteiger partial charge in [-0.1, -0.05) is 66.7 Å². The number of carbonyl (C=O) groups is 2. The second kappa shape index (κ2) is 15.6. The molecule has 1 amide bonds. The van der Waals surface area contributed by atoms with E-state index in [1.165, 1.54) is 17.1 Å². The van der Waals surface area contributed by atoms with Crippen LogP contribution in [0, 0.1) is 11.7 Å². The zero-order chi connectivity index (χ0) is 38.8. The Labute approximate surface area is 323 Å². The molecule has 1 saturated carbocycles. The molecule has 1 aliphatic heterocycles. The fraction of sp³-hybridized carbons (Fsp3) is 0.222. The largest absolute Gasteiger partial charge is 0.497 e. The smallest absolute Gasteiger partial charge is 0.339 e. The van der Waals surface area contributed by atoms with E-state index in [4.69, 9.17) is 24.3 Å². The monoisotopic (exact) mass is 749 g/mol. The predicted octanol–water partition coefficient (Wildman–Crippen LogP) is 8.67. The minimum atomic E-state index is -1.19. The normalized spacial score (nSPS) is 17.7. The number of rotatable bonds is 10. The number of carbonyl (C=O) groups excluding carboxylic acids is 2. The summed E-state index contributed by atoms with van der Waals surface area (Å²) in [5.74, 6) is -0.0965. The van der Waals surface area contributed by atoms with Gasteiger partial charge in [-0.15, -0.1) is 0 Å². The van der Waals surface area contributed by atoms with E-state index in [1.54, 1.807) is 50.2 Å². The van der Waals surface area contributed by atoms with Crippen molar-refractivity contribution in [3.05, 3.63) is 149 Å². The Bertz CT molecular complexity index is 2460. The van der Waals surface area contributed by atoms with E-state index in [2.05, 4.69) is 11.2 Å². The Morgan fingerprint density at radius 3 is 2.36 bits per heavy atom. The van der Waals surface area contributed by atoms with Crippen LogP contribution in [0.4, 0.5) is 4.39 Å². The zero-order valence-electron chi connectivity index (χ0n) is 31.3. The van der Waals surface area contributed by atoms with Crippen LogP contribution < -0.4 is 9.47 Å². The van der Waals surface area contributed by atoms with E-state index in [-0.39, 0.29) is 23.8 Å². The summed E-state index contributed by atoms with van der Waals surface area (Å²) in [6.45, 7) is 1.81. The van der Waals surface area contributed by atoms with Gasteiger partial charge in [0.05, 0.1) is 55.4 Å². The fourth-order valence-electron chi connectivity index (χ4n) is 7.58. The first-order chi connectivity index (χ1) is 27.3. The predicted molar refractivity (Wildman–Crippen MR) is 212 cm³/mol. The van der Waals surface area contributed by atoms with Crippen molar-refractivity contribution >= 4 is 34.7 Å². The van der Waals surface area contributed by atoms with Gasteiger partial charge in [0.15, 0.2) is 11.8 Å². The van der Waals surface area contributed by atoms with Crippen LogP contribution in [0.5, 0.6) is 11.5 Å². The maximum atomic E-state index is 14.5. The van der Waals surface area contributed by atoms with Crippen LogP contribution >= 0.6 is 0 Å². The summed E-state index contributed by atoms with van der Waals surface area (Å²) in [5, 5.41) is 11.5. The van der Waals surface area contributed by atoms with Crippen molar-refractivity contribution in [2.24, 2.45) is 11.0 Å². The minimum Gasteiger partial charge on any atom is -0.497 e. The van der Waals surface area contributed by atoms with Gasteiger partial charge in [-0.2, -0.15) is 10.2 Å². The highest BCUT2D eigenvalue weighted by Gasteiger charge is 2.45. The molecule has 56 heavy (non-hydrogen) atoms. The number of esters is 1. The number of halogens is 1. The van der Waals surface area contributed by atoms with Crippen LogP contribution in [-0.2, 0) is 16.1 Å². The van der Waals surface area contributed by atoms with Crippen molar-refractivity contribution in [3.63, 3.8) is 0 Å². The molecule has 0 N–H and O–H groups in total. The SMILES string of the molecule is COc1ccc(/C=C2/CCCC3C2=NN(C(=O)C(C)OC(=O)c2cc(-c4ccccc4)nc4c2cnn4Cc2cccc(F)c2)C3c2ccc(OC)cc2)cc1. The van der Waals surface area contributed by atoms with Crippen LogP contribution in [0.25, 0.3) is 28.4 Å². The molecule has 4 aromatic carbocycles. The lowest BCUT2D eigenvalue weighted by Gasteiger charge is -2.30. The Balaban J connectivity index is 1.12. The van der Waals surface area contributed by atoms with E-state index < -0.39 is 24.0 Å². The van der Waals surface area contributed by atoms with Crippen molar-refractivity contribution in [3.8, 4) is 22.8 Å². The number of methoxy groups -OCH3 is 2. The van der Waals surface area contributed by atoms with Crippen LogP contribution in [0.15, 0.2) is 126 Å². The molecule has 11 heteroatoms. The molecule has 6 aromatic rings. The molecule has 8 rings (SSSR count). The van der Waals surface area contributed by atoms with Gasteiger partial charge in [-0.25, -0.2) is 23.9 Å². The molecule has 282 valence electrons. The molecule has 2 aromatic heterocycles. The fourth-order valence-corrected chi connectivity index (χ4v) is 7.58. The number of nitrogens with zero attached hydrogens (tertiary/aromatic N) is 5. The molecule has 3 unspecified atom stereocenters. The number of pyridine rings is 1. The summed E-state index contributed by atoms with van der Waals surface area (Å²) >= 11 is 0. The third-order valence-corrected chi connectivity index (χ3v) is 10.4. The highest BCUT2D eigenvalue weighted by Crippen LogP contribution is 2.45. The summed E-state index contributed by atoms with van der Waals surface area (Å²) in [6, 6.07) is 32.5. The Morgan fingerprint density at radius 2 is 1.64 bits per heavy atom. The summed E-state index contributed by atoms with van der Waals surface area (Å²) < 4.78 is 32.5. The third-order valence-electron chi connectivity index (χ3n) is 10.4. The van der Waals surface area contributed by atoms with Gasteiger partial charge in [-0.05, 0) is 97.0 Å². The molecule has 0 saturated heterocycles. The van der Waals surface area contributed by atoms with E-state index in [0.717, 1.165) is 53.0 Å². The van der Waals surface area contributed by atoms with Crippen molar-refractivity contribution in [1.29, 1.82) is 0 Å². The average Bonchev–Trinajstić information content (AvgIpc) is 3.83. The highest BCUT2D eigenvalue weighted by atomic mass is 19.1. The first kappa shape index (κ1) is 36.4. The van der Waals surface area contributed by atoms with Gasteiger partial charge < -0.3 is 14.2 Å². The van der Waals surface area contributed by atoms with E-state index in [1.807, 2.05) is 78.9 Å². The molecule has 1 aliphatic carbocycles.